The van der Waals surface area contributed by atoms with Crippen molar-refractivity contribution in [3.63, 3.8) is 0 Å². The van der Waals surface area contributed by atoms with Crippen LogP contribution in [0.5, 0.6) is 0 Å². The lowest BCUT2D eigenvalue weighted by molar-refractivity contribution is -0.196. The van der Waals surface area contributed by atoms with Gasteiger partial charge in [0.2, 0.25) is 0 Å². The molecule has 27 heavy (non-hydrogen) atoms. The van der Waals surface area contributed by atoms with Crippen LogP contribution in [0.4, 0.5) is 4.79 Å². The quantitative estimate of drug-likeness (QED) is 0.730. The van der Waals surface area contributed by atoms with Crippen LogP contribution in [0.1, 0.15) is 35.7 Å². The fourth-order valence-corrected chi connectivity index (χ4v) is 3.97. The van der Waals surface area contributed by atoms with E-state index in [1.807, 2.05) is 12.1 Å². The molecule has 1 aromatic carbocycles. The predicted octanol–water partition coefficient (Wildman–Crippen LogP) is 1.53. The minimum atomic E-state index is -0.876. The van der Waals surface area contributed by atoms with Gasteiger partial charge in [0.15, 0.2) is 5.79 Å². The number of benzene rings is 1. The van der Waals surface area contributed by atoms with E-state index in [0.29, 0.717) is 25.2 Å². The van der Waals surface area contributed by atoms with Crippen molar-refractivity contribution in [3.05, 3.63) is 35.4 Å². The molecule has 1 unspecified atom stereocenters. The molecule has 3 aliphatic heterocycles. The molecule has 3 heterocycles. The van der Waals surface area contributed by atoms with Gasteiger partial charge in [0.1, 0.15) is 6.04 Å². The average molecular weight is 374 g/mol. The summed E-state index contributed by atoms with van der Waals surface area (Å²) in [6.45, 7) is 3.30. The molecule has 8 heteroatoms. The summed E-state index contributed by atoms with van der Waals surface area (Å²) in [5, 5.41) is 0. The number of nitrogens with zero attached hydrogens (tertiary/aromatic N) is 2. The Bertz CT molecular complexity index is 773. The summed E-state index contributed by atoms with van der Waals surface area (Å²) >= 11 is 0. The van der Waals surface area contributed by atoms with E-state index in [9.17, 15) is 14.4 Å². The molecular formula is C19H22N2O6. The zero-order valence-corrected chi connectivity index (χ0v) is 15.2. The zero-order valence-electron chi connectivity index (χ0n) is 15.2. The second kappa shape index (κ2) is 6.94. The Hall–Kier alpha value is -2.45. The number of likely N-dealkylation sites (tertiary alicyclic amines) is 1. The van der Waals surface area contributed by atoms with Crippen LogP contribution in [-0.2, 0) is 25.5 Å². The summed E-state index contributed by atoms with van der Waals surface area (Å²) in [5.74, 6) is -1.64. The van der Waals surface area contributed by atoms with Gasteiger partial charge in [-0.25, -0.2) is 4.79 Å². The first-order valence-corrected chi connectivity index (χ1v) is 9.19. The fraction of sp³-hybridized carbons (Fsp3) is 0.526. The van der Waals surface area contributed by atoms with Crippen molar-refractivity contribution in [2.24, 2.45) is 0 Å². The normalized spacial score (nSPS) is 23.6. The van der Waals surface area contributed by atoms with Crippen LogP contribution in [0.25, 0.3) is 0 Å². The minimum absolute atomic E-state index is 0.185. The van der Waals surface area contributed by atoms with Crippen molar-refractivity contribution < 1.29 is 28.6 Å². The monoisotopic (exact) mass is 374 g/mol. The number of ether oxygens (including phenoxy) is 3. The number of hydrogen-bond donors (Lipinski definition) is 0. The Morgan fingerprint density at radius 1 is 1.26 bits per heavy atom. The van der Waals surface area contributed by atoms with Gasteiger partial charge < -0.3 is 14.2 Å². The van der Waals surface area contributed by atoms with Gasteiger partial charge in [0.25, 0.3) is 11.8 Å². The highest BCUT2D eigenvalue weighted by molar-refractivity contribution is 6.09. The molecule has 8 nitrogen and oxygen atoms in total. The van der Waals surface area contributed by atoms with Crippen LogP contribution in [0, 0.1) is 0 Å². The number of piperidine rings is 1. The van der Waals surface area contributed by atoms with Gasteiger partial charge in [-0.3, -0.25) is 19.4 Å². The number of hydrogen-bond acceptors (Lipinski definition) is 6. The van der Waals surface area contributed by atoms with Crippen molar-refractivity contribution in [2.45, 2.75) is 38.1 Å². The van der Waals surface area contributed by atoms with Gasteiger partial charge in [0.05, 0.1) is 26.4 Å². The highest BCUT2D eigenvalue weighted by Crippen LogP contribution is 2.36. The van der Waals surface area contributed by atoms with Crippen molar-refractivity contribution in [2.75, 3.05) is 26.4 Å². The Morgan fingerprint density at radius 2 is 2.00 bits per heavy atom. The van der Waals surface area contributed by atoms with Crippen molar-refractivity contribution in [1.82, 2.24) is 9.80 Å². The smallest absolute Gasteiger partial charge is 0.410 e. The number of fused-ring (bicyclic) bond motifs is 1. The lowest BCUT2D eigenvalue weighted by atomic mass is 9.95. The van der Waals surface area contributed by atoms with Gasteiger partial charge in [-0.2, -0.15) is 0 Å². The molecule has 1 spiro atoms. The van der Waals surface area contributed by atoms with E-state index >= 15 is 0 Å². The van der Waals surface area contributed by atoms with Crippen LogP contribution in [0.2, 0.25) is 0 Å². The van der Waals surface area contributed by atoms with E-state index in [2.05, 4.69) is 0 Å². The summed E-state index contributed by atoms with van der Waals surface area (Å²) in [7, 11) is 0. The second-order valence-corrected chi connectivity index (χ2v) is 6.86. The molecule has 4 rings (SSSR count). The van der Waals surface area contributed by atoms with Gasteiger partial charge in [0, 0.05) is 24.9 Å². The Labute approximate surface area is 157 Å². The highest BCUT2D eigenvalue weighted by atomic mass is 16.7. The highest BCUT2D eigenvalue weighted by Gasteiger charge is 2.50. The molecule has 144 valence electrons. The SMILES string of the molecule is CCOC(=O)N1CCC2(CC1C(=O)N1Cc3ccccc3C1=O)OCCO2. The third-order valence-corrected chi connectivity index (χ3v) is 5.30. The molecule has 0 N–H and O–H groups in total. The molecule has 0 saturated carbocycles. The number of carbonyl (C=O) groups is 3. The van der Waals surface area contributed by atoms with Gasteiger partial charge in [-0.05, 0) is 18.6 Å². The summed E-state index contributed by atoms with van der Waals surface area (Å²) in [5.41, 5.74) is 1.32. The number of amides is 3. The van der Waals surface area contributed by atoms with Crippen molar-refractivity contribution >= 4 is 17.9 Å². The largest absolute Gasteiger partial charge is 0.450 e. The summed E-state index contributed by atoms with van der Waals surface area (Å²) in [6.07, 6.45) is 0.0852. The van der Waals surface area contributed by atoms with Crippen molar-refractivity contribution in [1.29, 1.82) is 0 Å². The standard InChI is InChI=1S/C19H22N2O6/c1-2-25-18(24)20-8-7-19(26-9-10-27-19)11-15(20)17(23)21-12-13-5-3-4-6-14(13)16(21)22/h3-6,15H,2,7-12H2,1H3. The molecule has 0 bridgehead atoms. The van der Waals surface area contributed by atoms with Crippen LogP contribution in [-0.4, -0.2) is 65.9 Å². The van der Waals surface area contributed by atoms with Crippen LogP contribution >= 0.6 is 0 Å². The number of imide groups is 1. The molecule has 0 radical (unpaired) electrons. The maximum atomic E-state index is 13.3. The first-order valence-electron chi connectivity index (χ1n) is 9.19. The first kappa shape index (κ1) is 17.9. The van der Waals surface area contributed by atoms with E-state index in [-0.39, 0.29) is 32.0 Å². The molecule has 1 atom stereocenters. The Balaban J connectivity index is 1.60. The Kier molecular flexibility index (Phi) is 4.61. The maximum Gasteiger partial charge on any atom is 0.410 e. The maximum absolute atomic E-state index is 13.3. The lowest BCUT2D eigenvalue weighted by Gasteiger charge is -2.42. The molecule has 2 fully saturated rings. The molecule has 3 amide bonds. The first-order chi connectivity index (χ1) is 13.0. The van der Waals surface area contributed by atoms with Gasteiger partial charge in [-0.1, -0.05) is 18.2 Å². The number of carbonyl (C=O) groups excluding carboxylic acids is 3. The summed E-state index contributed by atoms with van der Waals surface area (Å²) in [6, 6.07) is 6.27. The molecule has 2 saturated heterocycles. The molecule has 3 aliphatic rings. The summed E-state index contributed by atoms with van der Waals surface area (Å²) in [4.78, 5) is 41.0. The van der Waals surface area contributed by atoms with Crippen LogP contribution in [0.15, 0.2) is 24.3 Å². The molecule has 0 aliphatic carbocycles. The van der Waals surface area contributed by atoms with Crippen molar-refractivity contribution in [3.8, 4) is 0 Å². The predicted molar refractivity (Wildman–Crippen MR) is 92.7 cm³/mol. The van der Waals surface area contributed by atoms with Crippen LogP contribution in [0.3, 0.4) is 0 Å². The van der Waals surface area contributed by atoms with E-state index in [0.717, 1.165) is 5.56 Å². The number of rotatable bonds is 2. The molecule has 1 aromatic rings. The topological polar surface area (TPSA) is 85.4 Å². The Morgan fingerprint density at radius 3 is 2.70 bits per heavy atom. The van der Waals surface area contributed by atoms with E-state index < -0.39 is 23.8 Å². The van der Waals surface area contributed by atoms with Crippen LogP contribution < -0.4 is 0 Å². The molecule has 0 aromatic heterocycles. The lowest BCUT2D eigenvalue weighted by Crippen LogP contribution is -2.59. The molecular weight excluding hydrogens is 352 g/mol. The minimum Gasteiger partial charge on any atom is -0.450 e. The average Bonchev–Trinajstić information content (AvgIpc) is 3.26. The second-order valence-electron chi connectivity index (χ2n) is 6.86. The van der Waals surface area contributed by atoms with E-state index in [4.69, 9.17) is 14.2 Å². The zero-order chi connectivity index (χ0) is 19.0. The van der Waals surface area contributed by atoms with Gasteiger partial charge >= 0.3 is 6.09 Å². The van der Waals surface area contributed by atoms with E-state index in [1.54, 1.807) is 19.1 Å². The van der Waals surface area contributed by atoms with Gasteiger partial charge in [-0.15, -0.1) is 0 Å². The van der Waals surface area contributed by atoms with E-state index in [1.165, 1.54) is 9.80 Å². The third-order valence-electron chi connectivity index (χ3n) is 5.30. The third kappa shape index (κ3) is 3.08. The fourth-order valence-electron chi connectivity index (χ4n) is 3.97. The summed E-state index contributed by atoms with van der Waals surface area (Å²) < 4.78 is 16.6.